The van der Waals surface area contributed by atoms with Crippen LogP contribution in [0.5, 0.6) is 0 Å². The Morgan fingerprint density at radius 3 is 2.76 bits per heavy atom. The molecule has 0 fully saturated rings. The highest BCUT2D eigenvalue weighted by Gasteiger charge is 2.04. The van der Waals surface area contributed by atoms with Gasteiger partial charge in [-0.05, 0) is 30.5 Å². The molecule has 2 aromatic carbocycles. The monoisotopic (exact) mass is 297 g/mol. The number of nitrogens with zero attached hydrogens (tertiary/aromatic N) is 1. The predicted octanol–water partition coefficient (Wildman–Crippen LogP) is 3.26. The molecule has 5 heteroatoms. The molecule has 0 spiro atoms. The first kappa shape index (κ1) is 13.7. The molecule has 21 heavy (non-hydrogen) atoms. The van der Waals surface area contributed by atoms with Crippen LogP contribution >= 0.6 is 11.8 Å². The molecular weight excluding hydrogens is 282 g/mol. The molecule has 2 N–H and O–H groups in total. The molecule has 106 valence electrons. The van der Waals surface area contributed by atoms with Gasteiger partial charge in [-0.25, -0.2) is 4.98 Å². The zero-order chi connectivity index (χ0) is 14.7. The van der Waals surface area contributed by atoms with Gasteiger partial charge in [0.2, 0.25) is 0 Å². The summed E-state index contributed by atoms with van der Waals surface area (Å²) in [5, 5.41) is 3.94. The van der Waals surface area contributed by atoms with Crippen molar-refractivity contribution in [3.8, 4) is 0 Å². The molecule has 0 aliphatic heterocycles. The number of para-hydroxylation sites is 2. The van der Waals surface area contributed by atoms with Crippen LogP contribution in [0.3, 0.4) is 0 Å². The summed E-state index contributed by atoms with van der Waals surface area (Å²) in [5.41, 5.74) is 1.66. The van der Waals surface area contributed by atoms with E-state index in [0.717, 1.165) is 11.2 Å². The number of anilines is 1. The molecule has 3 aromatic rings. The minimum Gasteiger partial charge on any atom is -0.377 e. The van der Waals surface area contributed by atoms with Gasteiger partial charge in [-0.1, -0.05) is 24.3 Å². The average molecular weight is 297 g/mol. The van der Waals surface area contributed by atoms with E-state index in [4.69, 9.17) is 0 Å². The summed E-state index contributed by atoms with van der Waals surface area (Å²) in [7, 11) is 0. The molecule has 1 heterocycles. The van der Waals surface area contributed by atoms with Crippen molar-refractivity contribution in [2.45, 2.75) is 11.4 Å². The van der Waals surface area contributed by atoms with Crippen LogP contribution in [0.25, 0.3) is 10.9 Å². The fourth-order valence-corrected chi connectivity index (χ4v) is 2.76. The van der Waals surface area contributed by atoms with Gasteiger partial charge in [0.15, 0.2) is 0 Å². The molecule has 3 rings (SSSR count). The van der Waals surface area contributed by atoms with Crippen LogP contribution in [-0.2, 0) is 6.54 Å². The lowest BCUT2D eigenvalue weighted by Gasteiger charge is -2.10. The second-order valence-corrected chi connectivity index (χ2v) is 5.43. The molecule has 0 aliphatic carbocycles. The Bertz CT molecular complexity index is 829. The number of hydrogen-bond donors (Lipinski definition) is 2. The molecule has 4 nitrogen and oxygen atoms in total. The smallest absolute Gasteiger partial charge is 0.258 e. The number of hydrogen-bond acceptors (Lipinski definition) is 4. The van der Waals surface area contributed by atoms with Crippen LogP contribution in [0.15, 0.2) is 58.2 Å². The van der Waals surface area contributed by atoms with Gasteiger partial charge in [0.05, 0.1) is 17.4 Å². The Kier molecular flexibility index (Phi) is 3.92. The third kappa shape index (κ3) is 2.92. The van der Waals surface area contributed by atoms with Crippen LogP contribution in [0.1, 0.15) is 5.82 Å². The molecule has 0 amide bonds. The molecule has 0 saturated carbocycles. The lowest BCUT2D eigenvalue weighted by Crippen LogP contribution is -2.14. The van der Waals surface area contributed by atoms with Crippen molar-refractivity contribution in [1.82, 2.24) is 9.97 Å². The maximum atomic E-state index is 12.0. The van der Waals surface area contributed by atoms with Crippen LogP contribution in [0.2, 0.25) is 0 Å². The summed E-state index contributed by atoms with van der Waals surface area (Å²) >= 11 is 1.68. The number of H-pyrrole nitrogens is 1. The van der Waals surface area contributed by atoms with Crippen molar-refractivity contribution < 1.29 is 0 Å². The SMILES string of the molecule is CSc1ccccc1NCc1nc2ccccc2c(=O)[nH]1. The van der Waals surface area contributed by atoms with E-state index < -0.39 is 0 Å². The second-order valence-electron chi connectivity index (χ2n) is 4.58. The summed E-state index contributed by atoms with van der Waals surface area (Å²) in [6.45, 7) is 0.484. The first-order valence-corrected chi connectivity index (χ1v) is 7.85. The van der Waals surface area contributed by atoms with Crippen LogP contribution in [0, 0.1) is 0 Å². The van der Waals surface area contributed by atoms with E-state index in [1.165, 1.54) is 4.90 Å². The number of rotatable bonds is 4. The summed E-state index contributed by atoms with van der Waals surface area (Å²) < 4.78 is 0. The van der Waals surface area contributed by atoms with Gasteiger partial charge in [0.1, 0.15) is 5.82 Å². The Hall–Kier alpha value is -2.27. The standard InChI is InChI=1S/C16H15N3OS/c1-21-14-9-5-4-8-13(14)17-10-15-18-12-7-3-2-6-11(12)16(20)19-15/h2-9,17H,10H2,1H3,(H,18,19,20). The average Bonchev–Trinajstić information content (AvgIpc) is 2.53. The van der Waals surface area contributed by atoms with E-state index in [2.05, 4.69) is 21.4 Å². The predicted molar refractivity (Wildman–Crippen MR) is 87.9 cm³/mol. The highest BCUT2D eigenvalue weighted by Crippen LogP contribution is 2.24. The summed E-state index contributed by atoms with van der Waals surface area (Å²) in [6.07, 6.45) is 2.04. The van der Waals surface area contributed by atoms with Gasteiger partial charge in [-0.2, -0.15) is 0 Å². The Morgan fingerprint density at radius 1 is 1.14 bits per heavy atom. The van der Waals surface area contributed by atoms with Crippen molar-refractivity contribution in [3.63, 3.8) is 0 Å². The van der Waals surface area contributed by atoms with Crippen LogP contribution < -0.4 is 10.9 Å². The van der Waals surface area contributed by atoms with E-state index in [1.807, 2.05) is 42.7 Å². The molecule has 1 aromatic heterocycles. The van der Waals surface area contributed by atoms with Gasteiger partial charge < -0.3 is 10.3 Å². The zero-order valence-electron chi connectivity index (χ0n) is 11.6. The van der Waals surface area contributed by atoms with E-state index in [1.54, 1.807) is 17.8 Å². The second kappa shape index (κ2) is 6.01. The molecule has 0 radical (unpaired) electrons. The molecule has 0 aliphatic rings. The molecule has 0 saturated heterocycles. The molecule has 0 unspecified atom stereocenters. The molecule has 0 atom stereocenters. The Labute approximate surface area is 126 Å². The summed E-state index contributed by atoms with van der Waals surface area (Å²) in [6, 6.07) is 15.4. The summed E-state index contributed by atoms with van der Waals surface area (Å²) in [4.78, 5) is 20.5. The van der Waals surface area contributed by atoms with Gasteiger partial charge in [-0.3, -0.25) is 4.79 Å². The maximum absolute atomic E-state index is 12.0. The first-order valence-electron chi connectivity index (χ1n) is 6.63. The van der Waals surface area contributed by atoms with E-state index in [9.17, 15) is 4.79 Å². The maximum Gasteiger partial charge on any atom is 0.258 e. The van der Waals surface area contributed by atoms with Crippen molar-refractivity contribution >= 4 is 28.4 Å². The lowest BCUT2D eigenvalue weighted by molar-refractivity contribution is 0.949. The lowest BCUT2D eigenvalue weighted by atomic mass is 10.2. The minimum atomic E-state index is -0.101. The molecular formula is C16H15N3OS. The highest BCUT2D eigenvalue weighted by atomic mass is 32.2. The number of nitrogens with one attached hydrogen (secondary N) is 2. The third-order valence-corrected chi connectivity index (χ3v) is 4.01. The number of aromatic amines is 1. The normalized spacial score (nSPS) is 10.7. The fourth-order valence-electron chi connectivity index (χ4n) is 2.19. The number of fused-ring (bicyclic) bond motifs is 1. The van der Waals surface area contributed by atoms with Crippen molar-refractivity contribution in [2.75, 3.05) is 11.6 Å². The van der Waals surface area contributed by atoms with Crippen molar-refractivity contribution in [3.05, 3.63) is 64.7 Å². The van der Waals surface area contributed by atoms with Gasteiger partial charge in [0, 0.05) is 10.6 Å². The van der Waals surface area contributed by atoms with E-state index in [-0.39, 0.29) is 5.56 Å². The van der Waals surface area contributed by atoms with Crippen LogP contribution in [-0.4, -0.2) is 16.2 Å². The van der Waals surface area contributed by atoms with Crippen LogP contribution in [0.4, 0.5) is 5.69 Å². The van der Waals surface area contributed by atoms with Gasteiger partial charge in [0.25, 0.3) is 5.56 Å². The number of aromatic nitrogens is 2. The van der Waals surface area contributed by atoms with E-state index >= 15 is 0 Å². The first-order chi connectivity index (χ1) is 10.3. The minimum absolute atomic E-state index is 0.101. The summed E-state index contributed by atoms with van der Waals surface area (Å²) in [5.74, 6) is 0.634. The van der Waals surface area contributed by atoms with Gasteiger partial charge >= 0.3 is 0 Å². The third-order valence-electron chi connectivity index (χ3n) is 3.22. The Balaban J connectivity index is 1.87. The van der Waals surface area contributed by atoms with Crippen molar-refractivity contribution in [1.29, 1.82) is 0 Å². The Morgan fingerprint density at radius 2 is 1.90 bits per heavy atom. The molecule has 0 bridgehead atoms. The van der Waals surface area contributed by atoms with Gasteiger partial charge in [-0.15, -0.1) is 11.8 Å². The zero-order valence-corrected chi connectivity index (χ0v) is 12.4. The topological polar surface area (TPSA) is 57.8 Å². The highest BCUT2D eigenvalue weighted by molar-refractivity contribution is 7.98. The number of benzene rings is 2. The van der Waals surface area contributed by atoms with E-state index in [0.29, 0.717) is 17.8 Å². The quantitative estimate of drug-likeness (QED) is 0.726. The number of thioether (sulfide) groups is 1. The largest absolute Gasteiger partial charge is 0.377 e. The fraction of sp³-hybridized carbons (Fsp3) is 0.125. The van der Waals surface area contributed by atoms with Crippen molar-refractivity contribution in [2.24, 2.45) is 0 Å².